The molecule has 0 radical (unpaired) electrons. The molecule has 10 heteroatoms. The zero-order valence-electron chi connectivity index (χ0n) is 13.1. The van der Waals surface area contributed by atoms with E-state index in [1.54, 1.807) is 17.1 Å². The van der Waals surface area contributed by atoms with E-state index in [-0.39, 0.29) is 6.54 Å². The molecule has 6 nitrogen and oxygen atoms in total. The number of hydrogen-bond donors (Lipinski definition) is 1. The molecule has 1 amide bonds. The Hall–Kier alpha value is -2.39. The van der Waals surface area contributed by atoms with E-state index in [0.29, 0.717) is 17.3 Å². The van der Waals surface area contributed by atoms with Gasteiger partial charge in [0.2, 0.25) is 5.91 Å². The molecule has 2 aromatic rings. The van der Waals surface area contributed by atoms with Gasteiger partial charge in [0.1, 0.15) is 17.4 Å². The van der Waals surface area contributed by atoms with Crippen molar-refractivity contribution in [3.63, 3.8) is 0 Å². The van der Waals surface area contributed by atoms with Crippen LogP contribution < -0.4 is 5.32 Å². The number of rotatable bonds is 7. The summed E-state index contributed by atoms with van der Waals surface area (Å²) in [6.07, 6.45) is -2.69. The molecule has 132 valence electrons. The third-order valence-electron chi connectivity index (χ3n) is 3.45. The van der Waals surface area contributed by atoms with Gasteiger partial charge in [-0.1, -0.05) is 0 Å². The summed E-state index contributed by atoms with van der Waals surface area (Å²) in [5, 5.41) is 10.0. The van der Waals surface area contributed by atoms with Crippen LogP contribution in [0.3, 0.4) is 0 Å². The molecule has 1 N–H and O–H groups in total. The molecule has 1 unspecified atom stereocenters. The van der Waals surface area contributed by atoms with Crippen molar-refractivity contribution >= 4 is 5.91 Å². The van der Waals surface area contributed by atoms with Crippen LogP contribution in [0.25, 0.3) is 0 Å². The molecule has 0 saturated carbocycles. The first kappa shape index (κ1) is 18.0. The van der Waals surface area contributed by atoms with E-state index in [1.807, 2.05) is 6.92 Å². The molecular weight excluding hydrogens is 330 g/mol. The van der Waals surface area contributed by atoms with Crippen LogP contribution in [0.2, 0.25) is 0 Å². The molecule has 2 heterocycles. The van der Waals surface area contributed by atoms with E-state index < -0.39 is 36.2 Å². The molecule has 0 aliphatic rings. The molecule has 0 aliphatic carbocycles. The first-order valence-electron chi connectivity index (χ1n) is 7.28. The van der Waals surface area contributed by atoms with Crippen molar-refractivity contribution in [2.24, 2.45) is 0 Å². The largest absolute Gasteiger partial charge is 0.350 e. The van der Waals surface area contributed by atoms with Gasteiger partial charge in [0, 0.05) is 24.8 Å². The Morgan fingerprint density at radius 2 is 2.00 bits per heavy atom. The monoisotopic (exact) mass is 347 g/mol. The Balaban J connectivity index is 2.09. The van der Waals surface area contributed by atoms with Gasteiger partial charge in [0.15, 0.2) is 0 Å². The maximum Gasteiger partial charge on any atom is 0.282 e. The van der Waals surface area contributed by atoms with Gasteiger partial charge < -0.3 is 5.32 Å². The van der Waals surface area contributed by atoms with Crippen molar-refractivity contribution in [2.75, 3.05) is 0 Å². The van der Waals surface area contributed by atoms with Gasteiger partial charge in [-0.15, -0.1) is 0 Å². The minimum atomic E-state index is -3.01. The summed E-state index contributed by atoms with van der Waals surface area (Å²) in [5.74, 6) is -0.606. The van der Waals surface area contributed by atoms with Crippen LogP contribution in [-0.4, -0.2) is 25.5 Å². The van der Waals surface area contributed by atoms with Gasteiger partial charge in [0.25, 0.3) is 12.9 Å². The van der Waals surface area contributed by atoms with E-state index in [9.17, 15) is 22.4 Å². The average molecular weight is 347 g/mol. The highest BCUT2D eigenvalue weighted by molar-refractivity contribution is 5.79. The van der Waals surface area contributed by atoms with Crippen LogP contribution in [-0.2, 0) is 17.9 Å². The third kappa shape index (κ3) is 3.92. The fraction of sp³-hybridized carbons (Fsp3) is 0.500. The molecule has 1 atom stereocenters. The lowest BCUT2D eigenvalue weighted by Crippen LogP contribution is -2.32. The van der Waals surface area contributed by atoms with Crippen molar-refractivity contribution in [3.8, 4) is 0 Å². The third-order valence-corrected chi connectivity index (χ3v) is 3.45. The lowest BCUT2D eigenvalue weighted by molar-refractivity contribution is -0.124. The normalized spacial score (nSPS) is 12.8. The fourth-order valence-corrected chi connectivity index (χ4v) is 2.13. The van der Waals surface area contributed by atoms with Crippen LogP contribution in [0.15, 0.2) is 18.5 Å². The molecule has 0 aliphatic heterocycles. The van der Waals surface area contributed by atoms with Crippen LogP contribution in [0.5, 0.6) is 0 Å². The molecule has 0 spiro atoms. The Morgan fingerprint density at radius 3 is 2.54 bits per heavy atom. The van der Waals surface area contributed by atoms with E-state index in [0.717, 1.165) is 5.56 Å². The quantitative estimate of drug-likeness (QED) is 0.784. The number of nitrogens with zero attached hydrogens (tertiary/aromatic N) is 4. The minimum Gasteiger partial charge on any atom is -0.350 e. The van der Waals surface area contributed by atoms with Gasteiger partial charge in [-0.25, -0.2) is 17.6 Å². The Bertz CT molecular complexity index is 697. The molecule has 0 saturated heterocycles. The Kier molecular flexibility index (Phi) is 5.58. The molecule has 0 aromatic carbocycles. The van der Waals surface area contributed by atoms with Gasteiger partial charge >= 0.3 is 0 Å². The average Bonchev–Trinajstić information content (AvgIpc) is 3.18. The Labute approximate surface area is 135 Å². The number of hydrogen-bond acceptors (Lipinski definition) is 3. The zero-order valence-corrected chi connectivity index (χ0v) is 13.1. The summed E-state index contributed by atoms with van der Waals surface area (Å²) < 4.78 is 53.6. The summed E-state index contributed by atoms with van der Waals surface area (Å²) in [4.78, 5) is 12.1. The van der Waals surface area contributed by atoms with E-state index in [4.69, 9.17) is 0 Å². The first-order chi connectivity index (χ1) is 11.3. The summed E-state index contributed by atoms with van der Waals surface area (Å²) >= 11 is 0. The van der Waals surface area contributed by atoms with E-state index >= 15 is 0 Å². The maximum atomic E-state index is 13.0. The number of aryl methyl sites for hydroxylation is 1. The number of halogens is 4. The van der Waals surface area contributed by atoms with Crippen LogP contribution in [0.4, 0.5) is 17.6 Å². The molecule has 0 bridgehead atoms. The molecular formula is C14H17F4N5O. The second-order valence-electron chi connectivity index (χ2n) is 5.14. The summed E-state index contributed by atoms with van der Waals surface area (Å²) in [6, 6.07) is -0.535. The number of aromatic nitrogens is 4. The van der Waals surface area contributed by atoms with Gasteiger partial charge in [-0.3, -0.25) is 14.2 Å². The van der Waals surface area contributed by atoms with Crippen LogP contribution in [0.1, 0.15) is 49.7 Å². The van der Waals surface area contributed by atoms with Crippen LogP contribution in [0, 0.1) is 0 Å². The van der Waals surface area contributed by atoms with E-state index in [1.165, 1.54) is 6.92 Å². The maximum absolute atomic E-state index is 13.0. The highest BCUT2D eigenvalue weighted by Gasteiger charge is 2.26. The predicted octanol–water partition coefficient (Wildman–Crippen LogP) is 2.85. The second kappa shape index (κ2) is 7.45. The summed E-state index contributed by atoms with van der Waals surface area (Å²) in [6.45, 7) is 4.04. The first-order valence-corrected chi connectivity index (χ1v) is 7.28. The number of nitrogens with one attached hydrogen (secondary N) is 1. The van der Waals surface area contributed by atoms with Gasteiger partial charge in [-0.2, -0.15) is 10.2 Å². The summed E-state index contributed by atoms with van der Waals surface area (Å²) in [7, 11) is 0. The SMILES string of the molecule is CCn1cc(CNC(=O)C(C)n2nc(C(F)F)cc2C(F)F)cn1. The van der Waals surface area contributed by atoms with Crippen molar-refractivity contribution in [2.45, 2.75) is 45.8 Å². The molecule has 2 rings (SSSR count). The van der Waals surface area contributed by atoms with Gasteiger partial charge in [-0.05, 0) is 19.9 Å². The van der Waals surface area contributed by atoms with Crippen molar-refractivity contribution in [1.82, 2.24) is 24.9 Å². The van der Waals surface area contributed by atoms with Crippen LogP contribution >= 0.6 is 0 Å². The minimum absolute atomic E-state index is 0.149. The highest BCUT2D eigenvalue weighted by Crippen LogP contribution is 2.27. The fourth-order valence-electron chi connectivity index (χ4n) is 2.13. The topological polar surface area (TPSA) is 64.7 Å². The van der Waals surface area contributed by atoms with Crippen molar-refractivity contribution in [3.05, 3.63) is 35.4 Å². The number of amides is 1. The standard InChI is InChI=1S/C14H17F4N5O/c1-3-22-7-9(6-20-22)5-19-14(24)8(2)23-11(13(17)18)4-10(21-23)12(15)16/h4,6-8,12-13H,3,5H2,1-2H3,(H,19,24). The van der Waals surface area contributed by atoms with E-state index in [2.05, 4.69) is 15.5 Å². The zero-order chi connectivity index (χ0) is 17.9. The van der Waals surface area contributed by atoms with Crippen molar-refractivity contribution < 1.29 is 22.4 Å². The lowest BCUT2D eigenvalue weighted by Gasteiger charge is -2.15. The number of carbonyl (C=O) groups excluding carboxylic acids is 1. The predicted molar refractivity (Wildman–Crippen MR) is 76.6 cm³/mol. The Morgan fingerprint density at radius 1 is 1.29 bits per heavy atom. The second-order valence-corrected chi connectivity index (χ2v) is 5.14. The van der Waals surface area contributed by atoms with Gasteiger partial charge in [0.05, 0.1) is 6.20 Å². The molecule has 0 fully saturated rings. The highest BCUT2D eigenvalue weighted by atomic mass is 19.3. The molecule has 24 heavy (non-hydrogen) atoms. The number of carbonyl (C=O) groups is 1. The smallest absolute Gasteiger partial charge is 0.282 e. The summed E-state index contributed by atoms with van der Waals surface area (Å²) in [5.41, 5.74) is -0.763. The number of alkyl halides is 4. The van der Waals surface area contributed by atoms with Crippen molar-refractivity contribution in [1.29, 1.82) is 0 Å². The molecule has 2 aromatic heterocycles. The lowest BCUT2D eigenvalue weighted by atomic mass is 10.2.